The molecule has 0 aliphatic rings. The summed E-state index contributed by atoms with van der Waals surface area (Å²) in [5.74, 6) is -0.317. The Kier molecular flexibility index (Phi) is 3.87. The van der Waals surface area contributed by atoms with E-state index >= 15 is 0 Å². The highest BCUT2D eigenvalue weighted by Gasteiger charge is 2.10. The first kappa shape index (κ1) is 14.3. The minimum absolute atomic E-state index is 0.0282. The molecule has 0 unspecified atom stereocenters. The Morgan fingerprint density at radius 2 is 2.18 bits per heavy atom. The number of benzene rings is 1. The maximum atomic E-state index is 13.4. The van der Waals surface area contributed by atoms with Gasteiger partial charge in [0.1, 0.15) is 11.5 Å². The van der Waals surface area contributed by atoms with Crippen LogP contribution in [0.25, 0.3) is 22.2 Å². The molecular formula is C17H16FN3O. The van der Waals surface area contributed by atoms with E-state index in [1.807, 2.05) is 19.1 Å². The van der Waals surface area contributed by atoms with Crippen LogP contribution in [0.4, 0.5) is 10.1 Å². The van der Waals surface area contributed by atoms with Crippen molar-refractivity contribution in [3.63, 3.8) is 0 Å². The number of nitrogens with one attached hydrogen (secondary N) is 2. The summed E-state index contributed by atoms with van der Waals surface area (Å²) in [5.41, 5.74) is 2.94. The first-order chi connectivity index (χ1) is 10.7. The van der Waals surface area contributed by atoms with Gasteiger partial charge in [-0.05, 0) is 30.2 Å². The van der Waals surface area contributed by atoms with Crippen molar-refractivity contribution < 1.29 is 9.18 Å². The number of aromatic nitrogens is 2. The van der Waals surface area contributed by atoms with Gasteiger partial charge in [-0.2, -0.15) is 0 Å². The Labute approximate surface area is 127 Å². The molecule has 3 aromatic rings. The van der Waals surface area contributed by atoms with Gasteiger partial charge < -0.3 is 10.3 Å². The molecule has 0 bridgehead atoms. The molecule has 0 aliphatic heterocycles. The average Bonchev–Trinajstić information content (AvgIpc) is 2.90. The van der Waals surface area contributed by atoms with E-state index in [0.29, 0.717) is 17.8 Å². The van der Waals surface area contributed by atoms with Crippen LogP contribution in [0, 0.1) is 5.82 Å². The Bertz CT molecular complexity index is 826. The van der Waals surface area contributed by atoms with Crippen LogP contribution < -0.4 is 5.32 Å². The maximum absolute atomic E-state index is 13.4. The van der Waals surface area contributed by atoms with E-state index in [1.54, 1.807) is 18.5 Å². The van der Waals surface area contributed by atoms with Crippen LogP contribution in [0.1, 0.15) is 19.8 Å². The minimum atomic E-state index is -0.289. The lowest BCUT2D eigenvalue weighted by Crippen LogP contribution is -2.10. The fraction of sp³-hybridized carbons (Fsp3) is 0.176. The van der Waals surface area contributed by atoms with Gasteiger partial charge >= 0.3 is 0 Å². The first-order valence-corrected chi connectivity index (χ1v) is 7.20. The number of anilines is 1. The second kappa shape index (κ2) is 5.97. The van der Waals surface area contributed by atoms with Gasteiger partial charge in [0.15, 0.2) is 0 Å². The summed E-state index contributed by atoms with van der Waals surface area (Å²) in [6.45, 7) is 1.96. The molecule has 0 atom stereocenters. The number of hydrogen-bond acceptors (Lipinski definition) is 2. The smallest absolute Gasteiger partial charge is 0.224 e. The average molecular weight is 297 g/mol. The number of aromatic amines is 1. The third-order valence-corrected chi connectivity index (χ3v) is 3.44. The molecule has 0 fully saturated rings. The Hall–Kier alpha value is -2.69. The number of hydrogen-bond donors (Lipinski definition) is 2. The van der Waals surface area contributed by atoms with Crippen molar-refractivity contribution in [2.24, 2.45) is 0 Å². The third kappa shape index (κ3) is 2.83. The van der Waals surface area contributed by atoms with Gasteiger partial charge in [0.05, 0.1) is 5.69 Å². The number of carbonyl (C=O) groups is 1. The van der Waals surface area contributed by atoms with Crippen LogP contribution in [0.5, 0.6) is 0 Å². The molecule has 0 aliphatic carbocycles. The molecule has 0 spiro atoms. The summed E-state index contributed by atoms with van der Waals surface area (Å²) in [6, 6.07) is 8.26. The number of halogens is 1. The normalized spacial score (nSPS) is 10.8. The van der Waals surface area contributed by atoms with Crippen LogP contribution in [0.15, 0.2) is 42.7 Å². The zero-order chi connectivity index (χ0) is 15.5. The van der Waals surface area contributed by atoms with Gasteiger partial charge in [-0.3, -0.25) is 4.79 Å². The Morgan fingerprint density at radius 1 is 1.32 bits per heavy atom. The predicted octanol–water partition coefficient (Wildman–Crippen LogP) is 4.11. The molecule has 1 amide bonds. The number of pyridine rings is 1. The van der Waals surface area contributed by atoms with E-state index < -0.39 is 0 Å². The highest BCUT2D eigenvalue weighted by molar-refractivity contribution is 6.01. The number of amides is 1. The van der Waals surface area contributed by atoms with Gasteiger partial charge in [-0.25, -0.2) is 9.37 Å². The maximum Gasteiger partial charge on any atom is 0.224 e. The van der Waals surface area contributed by atoms with E-state index in [9.17, 15) is 9.18 Å². The molecule has 5 heteroatoms. The lowest BCUT2D eigenvalue weighted by atomic mass is 10.1. The van der Waals surface area contributed by atoms with Gasteiger partial charge in [-0.1, -0.05) is 19.1 Å². The van der Waals surface area contributed by atoms with Crippen molar-refractivity contribution in [2.75, 3.05) is 5.32 Å². The number of H-pyrrole nitrogens is 1. The Morgan fingerprint density at radius 3 is 2.95 bits per heavy atom. The molecule has 2 N–H and O–H groups in total. The quantitative estimate of drug-likeness (QED) is 0.761. The second-order valence-corrected chi connectivity index (χ2v) is 5.13. The van der Waals surface area contributed by atoms with Crippen molar-refractivity contribution in [1.82, 2.24) is 9.97 Å². The van der Waals surface area contributed by atoms with Crippen LogP contribution in [0.3, 0.4) is 0 Å². The zero-order valence-corrected chi connectivity index (χ0v) is 12.2. The lowest BCUT2D eigenvalue weighted by molar-refractivity contribution is -0.116. The highest BCUT2D eigenvalue weighted by Crippen LogP contribution is 2.27. The first-order valence-electron chi connectivity index (χ1n) is 7.20. The van der Waals surface area contributed by atoms with Gasteiger partial charge in [0, 0.05) is 29.8 Å². The summed E-state index contributed by atoms with van der Waals surface area (Å²) in [5, 5.41) is 3.68. The molecular weight excluding hydrogens is 281 g/mol. The van der Waals surface area contributed by atoms with Crippen LogP contribution in [-0.4, -0.2) is 15.9 Å². The number of rotatable bonds is 4. The van der Waals surface area contributed by atoms with Crippen LogP contribution >= 0.6 is 0 Å². The zero-order valence-electron chi connectivity index (χ0n) is 12.2. The Balaban J connectivity index is 1.99. The molecule has 3 rings (SSSR count). The molecule has 4 nitrogen and oxygen atoms in total. The molecule has 1 aromatic carbocycles. The number of carbonyl (C=O) groups excluding carboxylic acids is 1. The summed E-state index contributed by atoms with van der Waals surface area (Å²) in [7, 11) is 0. The highest BCUT2D eigenvalue weighted by atomic mass is 19.1. The molecule has 22 heavy (non-hydrogen) atoms. The molecule has 0 saturated carbocycles. The minimum Gasteiger partial charge on any atom is -0.344 e. The van der Waals surface area contributed by atoms with Gasteiger partial charge in [0.2, 0.25) is 5.91 Å². The van der Waals surface area contributed by atoms with E-state index in [1.165, 1.54) is 12.1 Å². The second-order valence-electron chi connectivity index (χ2n) is 5.13. The topological polar surface area (TPSA) is 57.8 Å². The van der Waals surface area contributed by atoms with E-state index in [4.69, 9.17) is 0 Å². The van der Waals surface area contributed by atoms with Gasteiger partial charge in [0.25, 0.3) is 0 Å². The largest absolute Gasteiger partial charge is 0.344 e. The SMILES string of the molecule is CCCC(=O)Nc1c[nH]c2ncc(-c3cccc(F)c3)cc12. The molecule has 2 aromatic heterocycles. The van der Waals surface area contributed by atoms with Crippen molar-refractivity contribution in [2.45, 2.75) is 19.8 Å². The standard InChI is InChI=1S/C17H16FN3O/c1-2-4-16(22)21-15-10-20-17-14(15)8-12(9-19-17)11-5-3-6-13(18)7-11/h3,5-10H,2,4H2,1H3,(H,19,20)(H,21,22). The summed E-state index contributed by atoms with van der Waals surface area (Å²) < 4.78 is 13.4. The molecule has 0 saturated heterocycles. The molecule has 2 heterocycles. The van der Waals surface area contributed by atoms with Crippen molar-refractivity contribution in [1.29, 1.82) is 0 Å². The fourth-order valence-corrected chi connectivity index (χ4v) is 2.37. The van der Waals surface area contributed by atoms with E-state index in [2.05, 4.69) is 15.3 Å². The monoisotopic (exact) mass is 297 g/mol. The van der Waals surface area contributed by atoms with E-state index in [-0.39, 0.29) is 11.7 Å². The van der Waals surface area contributed by atoms with Crippen LogP contribution in [-0.2, 0) is 4.79 Å². The number of fused-ring (bicyclic) bond motifs is 1. The van der Waals surface area contributed by atoms with Crippen molar-refractivity contribution >= 4 is 22.6 Å². The van der Waals surface area contributed by atoms with Gasteiger partial charge in [-0.15, -0.1) is 0 Å². The fourth-order valence-electron chi connectivity index (χ4n) is 2.37. The molecule has 0 radical (unpaired) electrons. The molecule has 112 valence electrons. The summed E-state index contributed by atoms with van der Waals surface area (Å²) >= 11 is 0. The van der Waals surface area contributed by atoms with Crippen molar-refractivity contribution in [3.8, 4) is 11.1 Å². The third-order valence-electron chi connectivity index (χ3n) is 3.44. The summed E-state index contributed by atoms with van der Waals surface area (Å²) in [6.07, 6.45) is 4.68. The van der Waals surface area contributed by atoms with Crippen molar-refractivity contribution in [3.05, 3.63) is 48.5 Å². The number of nitrogens with zero attached hydrogens (tertiary/aromatic N) is 1. The summed E-state index contributed by atoms with van der Waals surface area (Å²) in [4.78, 5) is 19.1. The predicted molar refractivity (Wildman–Crippen MR) is 85.0 cm³/mol. The van der Waals surface area contributed by atoms with Crippen LogP contribution in [0.2, 0.25) is 0 Å². The lowest BCUT2D eigenvalue weighted by Gasteiger charge is -2.04. The van der Waals surface area contributed by atoms with E-state index in [0.717, 1.165) is 22.9 Å².